The number of hydrogen-bond donors (Lipinski definition) is 3. The minimum Gasteiger partial charge on any atom is -0.465 e. The Kier molecular flexibility index (Phi) is 5.80. The summed E-state index contributed by atoms with van der Waals surface area (Å²) in [7, 11) is 0. The molecule has 0 fully saturated rings. The monoisotopic (exact) mass is 300 g/mol. The quantitative estimate of drug-likeness (QED) is 0.542. The molecule has 2 aromatic rings. The highest BCUT2D eigenvalue weighted by molar-refractivity contribution is 5.64. The van der Waals surface area contributed by atoms with Crippen LogP contribution < -0.4 is 11.1 Å². The number of benzene rings is 2. The fraction of sp³-hybridized carbons (Fsp3) is 0.235. The van der Waals surface area contributed by atoms with Gasteiger partial charge in [0.2, 0.25) is 0 Å². The number of anilines is 1. The molecule has 2 aromatic carbocycles. The molecule has 0 unspecified atom stereocenters. The van der Waals surface area contributed by atoms with Crippen molar-refractivity contribution in [1.29, 1.82) is 0 Å². The first kappa shape index (κ1) is 15.9. The zero-order valence-corrected chi connectivity index (χ0v) is 12.3. The summed E-state index contributed by atoms with van der Waals surface area (Å²) in [4.78, 5) is 10.5. The smallest absolute Gasteiger partial charge is 0.404 e. The molecule has 0 saturated carbocycles. The van der Waals surface area contributed by atoms with E-state index in [1.165, 1.54) is 0 Å². The molecule has 0 atom stereocenters. The molecule has 0 heterocycles. The molecule has 0 aromatic heterocycles. The number of rotatable bonds is 7. The molecule has 1 amide bonds. The Morgan fingerprint density at radius 3 is 2.59 bits per heavy atom. The van der Waals surface area contributed by atoms with Crippen LogP contribution in [0.5, 0.6) is 0 Å². The van der Waals surface area contributed by atoms with Gasteiger partial charge in [0, 0.05) is 12.2 Å². The molecule has 0 spiro atoms. The van der Waals surface area contributed by atoms with Gasteiger partial charge in [-0.3, -0.25) is 0 Å². The topological polar surface area (TPSA) is 84.6 Å². The van der Waals surface area contributed by atoms with E-state index >= 15 is 0 Å². The van der Waals surface area contributed by atoms with Crippen LogP contribution in [0.2, 0.25) is 0 Å². The van der Waals surface area contributed by atoms with E-state index in [1.54, 1.807) is 0 Å². The van der Waals surface area contributed by atoms with E-state index in [2.05, 4.69) is 5.32 Å². The van der Waals surface area contributed by atoms with Crippen LogP contribution in [0.1, 0.15) is 16.7 Å². The van der Waals surface area contributed by atoms with E-state index in [-0.39, 0.29) is 0 Å². The Labute approximate surface area is 129 Å². The maximum atomic E-state index is 10.5. The third-order valence-electron chi connectivity index (χ3n) is 3.19. The number of nitrogens with two attached hydrogens (primary N) is 1. The highest BCUT2D eigenvalue weighted by Gasteiger charge is 2.00. The number of ether oxygens (including phenoxy) is 1. The van der Waals surface area contributed by atoms with Gasteiger partial charge in [-0.15, -0.1) is 0 Å². The van der Waals surface area contributed by atoms with E-state index in [1.807, 2.05) is 48.5 Å². The summed E-state index contributed by atoms with van der Waals surface area (Å²) in [6.07, 6.45) is -0.213. The third-order valence-corrected chi connectivity index (χ3v) is 3.19. The van der Waals surface area contributed by atoms with Gasteiger partial charge in [-0.1, -0.05) is 36.4 Å². The second-order valence-electron chi connectivity index (χ2n) is 5.03. The van der Waals surface area contributed by atoms with Crippen molar-refractivity contribution in [2.45, 2.75) is 19.6 Å². The van der Waals surface area contributed by atoms with Crippen LogP contribution in [-0.4, -0.2) is 17.8 Å². The maximum Gasteiger partial charge on any atom is 0.404 e. The van der Waals surface area contributed by atoms with Gasteiger partial charge in [0.1, 0.15) is 0 Å². The molecular weight excluding hydrogens is 280 g/mol. The number of amides is 1. The molecule has 0 saturated heterocycles. The van der Waals surface area contributed by atoms with E-state index in [4.69, 9.17) is 15.6 Å². The van der Waals surface area contributed by atoms with Crippen LogP contribution in [-0.2, 0) is 24.3 Å². The first-order chi connectivity index (χ1) is 10.6. The van der Waals surface area contributed by atoms with Crippen LogP contribution >= 0.6 is 0 Å². The highest BCUT2D eigenvalue weighted by atomic mass is 16.5. The van der Waals surface area contributed by atoms with Crippen LogP contribution in [0.4, 0.5) is 10.5 Å². The van der Waals surface area contributed by atoms with Crippen molar-refractivity contribution in [3.8, 4) is 0 Å². The lowest BCUT2D eigenvalue weighted by Crippen LogP contribution is -2.19. The predicted octanol–water partition coefficient (Wildman–Crippen LogP) is 2.80. The van der Waals surface area contributed by atoms with Crippen molar-refractivity contribution in [3.63, 3.8) is 0 Å². The van der Waals surface area contributed by atoms with Crippen molar-refractivity contribution in [2.75, 3.05) is 12.3 Å². The molecule has 116 valence electrons. The Morgan fingerprint density at radius 2 is 1.82 bits per heavy atom. The predicted molar refractivity (Wildman–Crippen MR) is 85.5 cm³/mol. The second-order valence-corrected chi connectivity index (χ2v) is 5.03. The lowest BCUT2D eigenvalue weighted by atomic mass is 10.1. The van der Waals surface area contributed by atoms with Gasteiger partial charge in [0.15, 0.2) is 0 Å². The van der Waals surface area contributed by atoms with Crippen LogP contribution in [0, 0.1) is 0 Å². The average molecular weight is 300 g/mol. The maximum absolute atomic E-state index is 10.5. The summed E-state index contributed by atoms with van der Waals surface area (Å²) in [5.41, 5.74) is 9.59. The summed E-state index contributed by atoms with van der Waals surface area (Å²) in [6, 6.07) is 15.5. The molecule has 0 radical (unpaired) electrons. The lowest BCUT2D eigenvalue weighted by molar-refractivity contribution is 0.124. The van der Waals surface area contributed by atoms with Crippen molar-refractivity contribution in [2.24, 2.45) is 0 Å². The summed E-state index contributed by atoms with van der Waals surface area (Å²) in [5.74, 6) is 0. The fourth-order valence-electron chi connectivity index (χ4n) is 2.14. The largest absolute Gasteiger partial charge is 0.465 e. The van der Waals surface area contributed by atoms with Gasteiger partial charge < -0.3 is 20.9 Å². The number of nitrogen functional groups attached to an aromatic ring is 1. The fourth-order valence-corrected chi connectivity index (χ4v) is 2.14. The summed E-state index contributed by atoms with van der Waals surface area (Å²) in [6.45, 7) is 1.41. The molecule has 0 aliphatic rings. The van der Waals surface area contributed by atoms with Crippen molar-refractivity contribution in [3.05, 3.63) is 65.2 Å². The molecule has 5 nitrogen and oxygen atoms in total. The van der Waals surface area contributed by atoms with E-state index < -0.39 is 6.09 Å². The van der Waals surface area contributed by atoms with Crippen molar-refractivity contribution >= 4 is 11.8 Å². The zero-order valence-electron chi connectivity index (χ0n) is 12.3. The van der Waals surface area contributed by atoms with Crippen LogP contribution in [0.15, 0.2) is 48.5 Å². The number of nitrogens with one attached hydrogen (secondary N) is 1. The molecule has 0 aliphatic heterocycles. The van der Waals surface area contributed by atoms with Gasteiger partial charge >= 0.3 is 6.09 Å². The molecule has 0 bridgehead atoms. The number of carbonyl (C=O) groups is 1. The molecule has 5 heteroatoms. The first-order valence-corrected chi connectivity index (χ1v) is 7.10. The molecule has 4 N–H and O–H groups in total. The molecular formula is C17H20N2O3. The van der Waals surface area contributed by atoms with Gasteiger partial charge in [-0.05, 0) is 35.2 Å². The molecule has 22 heavy (non-hydrogen) atoms. The van der Waals surface area contributed by atoms with Crippen molar-refractivity contribution < 1.29 is 14.6 Å². The van der Waals surface area contributed by atoms with Gasteiger partial charge in [0.05, 0.1) is 13.2 Å². The minimum absolute atomic E-state index is 0.298. The molecule has 0 aliphatic carbocycles. The number of carboxylic acid groups (broad SMARTS) is 1. The van der Waals surface area contributed by atoms with Crippen LogP contribution in [0.3, 0.4) is 0 Å². The highest BCUT2D eigenvalue weighted by Crippen LogP contribution is 2.09. The normalized spacial score (nSPS) is 10.4. The standard InChI is InChI=1S/C17H20N2O3/c18-16-6-2-3-13(10-16)7-8-22-12-15-5-1-4-14(9-15)11-19-17(20)21/h1-6,9-10,19H,7-8,11-12,18H2,(H,20,21). The Morgan fingerprint density at radius 1 is 1.09 bits per heavy atom. The van der Waals surface area contributed by atoms with E-state index in [9.17, 15) is 4.79 Å². The summed E-state index contributed by atoms with van der Waals surface area (Å²) >= 11 is 0. The zero-order chi connectivity index (χ0) is 15.8. The van der Waals surface area contributed by atoms with E-state index in [0.717, 1.165) is 28.8 Å². The lowest BCUT2D eigenvalue weighted by Gasteiger charge is -2.07. The SMILES string of the molecule is Nc1cccc(CCOCc2cccc(CNC(=O)O)c2)c1. The number of hydrogen-bond acceptors (Lipinski definition) is 3. The van der Waals surface area contributed by atoms with Gasteiger partial charge in [-0.25, -0.2) is 4.79 Å². The van der Waals surface area contributed by atoms with Gasteiger partial charge in [-0.2, -0.15) is 0 Å². The summed E-state index contributed by atoms with van der Waals surface area (Å²) < 4.78 is 5.67. The Bertz CT molecular complexity index is 629. The average Bonchev–Trinajstić information content (AvgIpc) is 2.50. The second kappa shape index (κ2) is 8.05. The van der Waals surface area contributed by atoms with E-state index in [0.29, 0.717) is 19.8 Å². The van der Waals surface area contributed by atoms with Crippen LogP contribution in [0.25, 0.3) is 0 Å². The third kappa shape index (κ3) is 5.46. The summed E-state index contributed by atoms with van der Waals surface area (Å²) in [5, 5.41) is 10.9. The van der Waals surface area contributed by atoms with Gasteiger partial charge in [0.25, 0.3) is 0 Å². The Hall–Kier alpha value is -2.53. The Balaban J connectivity index is 1.77. The molecule has 2 rings (SSSR count). The minimum atomic E-state index is -1.02. The first-order valence-electron chi connectivity index (χ1n) is 7.10. The van der Waals surface area contributed by atoms with Crippen molar-refractivity contribution in [1.82, 2.24) is 5.32 Å².